The van der Waals surface area contributed by atoms with Gasteiger partial charge in [-0.15, -0.1) is 0 Å². The topological polar surface area (TPSA) is 37.0 Å². The van der Waals surface area contributed by atoms with E-state index in [4.69, 9.17) is 16.3 Å². The van der Waals surface area contributed by atoms with Crippen molar-refractivity contribution < 1.29 is 4.74 Å². The monoisotopic (exact) mass is 354 g/mol. The van der Waals surface area contributed by atoms with E-state index in [1.165, 1.54) is 34.1 Å². The quantitative estimate of drug-likeness (QED) is 0.643. The lowest BCUT2D eigenvalue weighted by molar-refractivity contribution is 0.406. The molecule has 3 aromatic rings. The summed E-state index contributed by atoms with van der Waals surface area (Å²) >= 11 is 6.20. The van der Waals surface area contributed by atoms with E-state index in [2.05, 4.69) is 41.5 Å². The third kappa shape index (κ3) is 3.14. The van der Waals surface area contributed by atoms with Crippen molar-refractivity contribution in [2.75, 3.05) is 7.11 Å². The van der Waals surface area contributed by atoms with E-state index in [-0.39, 0.29) is 6.04 Å². The molecule has 0 fully saturated rings. The van der Waals surface area contributed by atoms with Gasteiger partial charge in [0.05, 0.1) is 7.11 Å². The van der Waals surface area contributed by atoms with Crippen LogP contribution in [0.2, 0.25) is 5.02 Å². The van der Waals surface area contributed by atoms with Crippen molar-refractivity contribution in [3.05, 3.63) is 64.3 Å². The molecule has 0 aliphatic heterocycles. The molecule has 4 rings (SSSR count). The number of aromatic amines is 1. The molecule has 0 spiro atoms. The summed E-state index contributed by atoms with van der Waals surface area (Å²) in [5, 5.41) is 5.87. The van der Waals surface area contributed by atoms with Gasteiger partial charge < -0.3 is 15.0 Å². The van der Waals surface area contributed by atoms with E-state index < -0.39 is 0 Å². The molecule has 130 valence electrons. The first-order valence-electron chi connectivity index (χ1n) is 8.85. The van der Waals surface area contributed by atoms with Crippen LogP contribution < -0.4 is 10.1 Å². The minimum Gasteiger partial charge on any atom is -0.497 e. The Morgan fingerprint density at radius 1 is 1.20 bits per heavy atom. The van der Waals surface area contributed by atoms with Gasteiger partial charge >= 0.3 is 0 Å². The average Bonchev–Trinajstić information content (AvgIpc) is 3.01. The first-order chi connectivity index (χ1) is 12.2. The van der Waals surface area contributed by atoms with Crippen molar-refractivity contribution in [2.24, 2.45) is 0 Å². The van der Waals surface area contributed by atoms with Crippen LogP contribution in [0.15, 0.2) is 42.5 Å². The largest absolute Gasteiger partial charge is 0.497 e. The molecular weight excluding hydrogens is 332 g/mol. The summed E-state index contributed by atoms with van der Waals surface area (Å²) in [6.07, 6.45) is 3.46. The minimum atomic E-state index is 0.275. The van der Waals surface area contributed by atoms with Gasteiger partial charge in [-0.3, -0.25) is 0 Å². The van der Waals surface area contributed by atoms with Gasteiger partial charge in [0, 0.05) is 33.7 Å². The van der Waals surface area contributed by atoms with Crippen LogP contribution in [0.25, 0.3) is 10.9 Å². The number of nitrogens with one attached hydrogen (secondary N) is 2. The van der Waals surface area contributed by atoms with Crippen LogP contribution in [-0.2, 0) is 6.42 Å². The molecule has 1 unspecified atom stereocenters. The molecule has 1 aromatic heterocycles. The number of ether oxygens (including phenoxy) is 1. The van der Waals surface area contributed by atoms with Gasteiger partial charge in [0.15, 0.2) is 0 Å². The molecule has 1 heterocycles. The number of methoxy groups -OCH3 is 1. The normalized spacial score (nSPS) is 18.1. The molecule has 0 saturated carbocycles. The number of hydrogen-bond donors (Lipinski definition) is 2. The zero-order valence-corrected chi connectivity index (χ0v) is 15.4. The maximum absolute atomic E-state index is 6.20. The van der Waals surface area contributed by atoms with Crippen LogP contribution in [0.4, 0.5) is 0 Å². The Hall–Kier alpha value is -1.97. The highest BCUT2D eigenvalue weighted by Crippen LogP contribution is 2.37. The van der Waals surface area contributed by atoms with Crippen molar-refractivity contribution in [2.45, 2.75) is 38.3 Å². The number of benzene rings is 2. The first-order valence-corrected chi connectivity index (χ1v) is 9.23. The van der Waals surface area contributed by atoms with Crippen LogP contribution in [0.5, 0.6) is 5.75 Å². The van der Waals surface area contributed by atoms with Crippen molar-refractivity contribution in [3.8, 4) is 5.75 Å². The Morgan fingerprint density at radius 3 is 2.76 bits per heavy atom. The Balaban J connectivity index is 1.61. The van der Waals surface area contributed by atoms with E-state index in [9.17, 15) is 0 Å². The number of aromatic nitrogens is 1. The minimum absolute atomic E-state index is 0.275. The lowest BCUT2D eigenvalue weighted by Crippen LogP contribution is -2.27. The van der Waals surface area contributed by atoms with E-state index in [0.29, 0.717) is 6.04 Å². The van der Waals surface area contributed by atoms with Crippen molar-refractivity contribution in [3.63, 3.8) is 0 Å². The van der Waals surface area contributed by atoms with Gasteiger partial charge in [-0.2, -0.15) is 0 Å². The third-order valence-electron chi connectivity index (χ3n) is 5.24. The summed E-state index contributed by atoms with van der Waals surface area (Å²) in [4.78, 5) is 3.63. The lowest BCUT2D eigenvalue weighted by atomic mass is 9.91. The molecular formula is C21H23ClN2O. The summed E-state index contributed by atoms with van der Waals surface area (Å²) in [6, 6.07) is 15.0. The Kier molecular flexibility index (Phi) is 4.45. The molecule has 0 saturated heterocycles. The van der Waals surface area contributed by atoms with Gasteiger partial charge in [0.25, 0.3) is 0 Å². The first kappa shape index (κ1) is 16.5. The second-order valence-corrected chi connectivity index (χ2v) is 7.25. The fourth-order valence-electron chi connectivity index (χ4n) is 3.89. The third-order valence-corrected chi connectivity index (χ3v) is 5.47. The Labute approximate surface area is 153 Å². The van der Waals surface area contributed by atoms with Crippen molar-refractivity contribution in [1.82, 2.24) is 10.3 Å². The number of aryl methyl sites for hydroxylation is 1. The van der Waals surface area contributed by atoms with E-state index in [0.717, 1.165) is 23.6 Å². The molecule has 3 nitrogen and oxygen atoms in total. The van der Waals surface area contributed by atoms with Crippen LogP contribution in [-0.4, -0.2) is 12.1 Å². The molecule has 4 heteroatoms. The molecule has 0 bridgehead atoms. The van der Waals surface area contributed by atoms with E-state index in [1.54, 1.807) is 7.11 Å². The predicted octanol–water partition coefficient (Wildman–Crippen LogP) is 5.56. The summed E-state index contributed by atoms with van der Waals surface area (Å²) in [5.41, 5.74) is 5.19. The molecule has 2 N–H and O–H groups in total. The average molecular weight is 355 g/mol. The SMILES string of the molecule is COc1ccc(C(C)N[C@@H]2CCCc3c2[nH]c2ccc(Cl)cc32)cc1. The standard InChI is InChI=1S/C21H23ClN2O/c1-13(14-6-9-16(25-2)10-7-14)23-20-5-3-4-17-18-12-15(22)8-11-19(18)24-21(17)20/h6-13,20,23-24H,3-5H2,1-2H3/t13?,20-/m1/s1. The second-order valence-electron chi connectivity index (χ2n) is 6.81. The molecule has 2 atom stereocenters. The highest BCUT2D eigenvalue weighted by molar-refractivity contribution is 6.31. The smallest absolute Gasteiger partial charge is 0.118 e. The molecule has 0 amide bonds. The van der Waals surface area contributed by atoms with Gasteiger partial charge in [0.2, 0.25) is 0 Å². The van der Waals surface area contributed by atoms with Gasteiger partial charge in [-0.25, -0.2) is 0 Å². The number of hydrogen-bond acceptors (Lipinski definition) is 2. The summed E-state index contributed by atoms with van der Waals surface area (Å²) in [6.45, 7) is 2.22. The van der Waals surface area contributed by atoms with Crippen molar-refractivity contribution in [1.29, 1.82) is 0 Å². The zero-order chi connectivity index (χ0) is 17.4. The molecule has 0 radical (unpaired) electrons. The molecule has 2 aromatic carbocycles. The van der Waals surface area contributed by atoms with Crippen LogP contribution in [0.3, 0.4) is 0 Å². The summed E-state index contributed by atoms with van der Waals surface area (Å²) < 4.78 is 5.25. The Morgan fingerprint density at radius 2 is 2.00 bits per heavy atom. The Bertz CT molecular complexity index is 885. The maximum Gasteiger partial charge on any atom is 0.118 e. The predicted molar refractivity (Wildman–Crippen MR) is 104 cm³/mol. The highest BCUT2D eigenvalue weighted by Gasteiger charge is 2.25. The number of fused-ring (bicyclic) bond motifs is 3. The van der Waals surface area contributed by atoms with Crippen LogP contribution in [0.1, 0.15) is 48.7 Å². The molecule has 1 aliphatic rings. The summed E-state index contributed by atoms with van der Waals surface area (Å²) in [7, 11) is 1.70. The van der Waals surface area contributed by atoms with Gasteiger partial charge in [0.1, 0.15) is 5.75 Å². The number of rotatable bonds is 4. The number of halogens is 1. The second kappa shape index (κ2) is 6.74. The highest BCUT2D eigenvalue weighted by atomic mass is 35.5. The van der Waals surface area contributed by atoms with Gasteiger partial charge in [-0.05, 0) is 67.6 Å². The fraction of sp³-hybridized carbons (Fsp3) is 0.333. The van der Waals surface area contributed by atoms with Crippen molar-refractivity contribution >= 4 is 22.5 Å². The van der Waals surface area contributed by atoms with E-state index >= 15 is 0 Å². The fourth-order valence-corrected chi connectivity index (χ4v) is 4.06. The van der Waals surface area contributed by atoms with E-state index in [1.807, 2.05) is 18.2 Å². The number of H-pyrrole nitrogens is 1. The molecule has 25 heavy (non-hydrogen) atoms. The van der Waals surface area contributed by atoms with Crippen LogP contribution >= 0.6 is 11.6 Å². The van der Waals surface area contributed by atoms with Crippen LogP contribution in [0, 0.1) is 0 Å². The molecule has 1 aliphatic carbocycles. The maximum atomic E-state index is 6.20. The van der Waals surface area contributed by atoms with Gasteiger partial charge in [-0.1, -0.05) is 23.7 Å². The zero-order valence-electron chi connectivity index (χ0n) is 14.6. The summed E-state index contributed by atoms with van der Waals surface area (Å²) in [5.74, 6) is 0.892. The lowest BCUT2D eigenvalue weighted by Gasteiger charge is -2.27.